The van der Waals surface area contributed by atoms with E-state index in [4.69, 9.17) is 4.98 Å². The van der Waals surface area contributed by atoms with Crippen molar-refractivity contribution in [3.63, 3.8) is 0 Å². The van der Waals surface area contributed by atoms with Gasteiger partial charge in [-0.05, 0) is 48.9 Å². The maximum Gasteiger partial charge on any atom is 0.251 e. The maximum atomic E-state index is 12.6. The van der Waals surface area contributed by atoms with Crippen LogP contribution >= 0.6 is 0 Å². The quantitative estimate of drug-likeness (QED) is 0.562. The molecule has 6 nitrogen and oxygen atoms in total. The van der Waals surface area contributed by atoms with Gasteiger partial charge < -0.3 is 9.88 Å². The molecular formula is C24H20N4O2. The highest BCUT2D eigenvalue weighted by Crippen LogP contribution is 2.31. The average molecular weight is 396 g/mol. The van der Waals surface area contributed by atoms with Gasteiger partial charge in [-0.25, -0.2) is 4.98 Å². The number of hydrogen-bond acceptors (Lipinski definition) is 4. The minimum absolute atomic E-state index is 0.113. The number of aromatic nitrogens is 3. The molecule has 0 fully saturated rings. The number of pyridine rings is 1. The van der Waals surface area contributed by atoms with Crippen LogP contribution in [-0.4, -0.2) is 26.2 Å². The van der Waals surface area contributed by atoms with Crippen molar-refractivity contribution in [2.24, 2.45) is 0 Å². The fourth-order valence-corrected chi connectivity index (χ4v) is 3.98. The van der Waals surface area contributed by atoms with Crippen LogP contribution < -0.4 is 5.32 Å². The average Bonchev–Trinajstić information content (AvgIpc) is 3.17. The summed E-state index contributed by atoms with van der Waals surface area (Å²) in [5.41, 5.74) is 4.97. The first-order chi connectivity index (χ1) is 14.6. The van der Waals surface area contributed by atoms with Crippen molar-refractivity contribution in [2.75, 3.05) is 0 Å². The lowest BCUT2D eigenvalue weighted by molar-refractivity contribution is 0.0938. The molecule has 148 valence electrons. The normalized spacial score (nSPS) is 14.0. The molecule has 1 aliphatic heterocycles. The minimum Gasteiger partial charge on any atom is -0.346 e. The Bertz CT molecular complexity index is 1260. The molecule has 0 saturated heterocycles. The molecule has 0 radical (unpaired) electrons. The van der Waals surface area contributed by atoms with E-state index in [0.29, 0.717) is 18.5 Å². The zero-order valence-electron chi connectivity index (χ0n) is 16.5. The number of nitrogens with zero attached hydrogens (tertiary/aromatic N) is 3. The summed E-state index contributed by atoms with van der Waals surface area (Å²) in [6, 6.07) is 16.8. The number of hydrogen-bond donors (Lipinski definition) is 1. The predicted octanol–water partition coefficient (Wildman–Crippen LogP) is 4.18. The smallest absolute Gasteiger partial charge is 0.251 e. The number of carbonyl (C=O) groups excluding carboxylic acids is 2. The van der Waals surface area contributed by atoms with E-state index in [9.17, 15) is 9.59 Å². The number of Topliss-reactive ketones (excluding diaryl/α,β-unsaturated/α-hetero) is 1. The molecule has 6 heteroatoms. The zero-order valence-corrected chi connectivity index (χ0v) is 16.5. The Kier molecular flexibility index (Phi) is 4.39. The lowest BCUT2D eigenvalue weighted by Gasteiger charge is -2.16. The maximum absolute atomic E-state index is 12.6. The van der Waals surface area contributed by atoms with E-state index in [1.54, 1.807) is 12.4 Å². The second-order valence-electron chi connectivity index (χ2n) is 7.49. The van der Waals surface area contributed by atoms with Gasteiger partial charge in [-0.2, -0.15) is 0 Å². The molecule has 0 aliphatic carbocycles. The molecule has 2 aromatic carbocycles. The van der Waals surface area contributed by atoms with Crippen LogP contribution in [0, 0.1) is 0 Å². The summed E-state index contributed by atoms with van der Waals surface area (Å²) in [5, 5.41) is 3.01. The van der Waals surface area contributed by atoms with E-state index in [1.807, 2.05) is 61.5 Å². The van der Waals surface area contributed by atoms with Gasteiger partial charge in [0, 0.05) is 42.0 Å². The monoisotopic (exact) mass is 396 g/mol. The summed E-state index contributed by atoms with van der Waals surface area (Å²) in [4.78, 5) is 33.6. The highest BCUT2D eigenvalue weighted by atomic mass is 16.1. The highest BCUT2D eigenvalue weighted by Gasteiger charge is 2.23. The number of amides is 1. The summed E-state index contributed by atoms with van der Waals surface area (Å²) in [7, 11) is 0. The Morgan fingerprint density at radius 1 is 1.07 bits per heavy atom. The van der Waals surface area contributed by atoms with Crippen LogP contribution in [0.1, 0.15) is 45.7 Å². The van der Waals surface area contributed by atoms with Gasteiger partial charge in [0.1, 0.15) is 5.82 Å². The standard InChI is InChI=1S/C24H20N4O2/c1-15(16-9-12-25-13-10-16)26-24(30)18-7-5-17(6-8-18)23-27-20-4-2-3-19-21(29)11-14-28(23)22(19)20/h2-10,12-13,15H,11,14H2,1H3,(H,26,30). The van der Waals surface area contributed by atoms with Crippen molar-refractivity contribution in [3.05, 3.63) is 83.7 Å². The van der Waals surface area contributed by atoms with E-state index in [2.05, 4.69) is 14.9 Å². The van der Waals surface area contributed by atoms with E-state index in [1.165, 1.54) is 0 Å². The largest absolute Gasteiger partial charge is 0.346 e. The van der Waals surface area contributed by atoms with Crippen molar-refractivity contribution in [1.29, 1.82) is 0 Å². The molecule has 4 aromatic rings. The van der Waals surface area contributed by atoms with Crippen molar-refractivity contribution >= 4 is 22.7 Å². The molecule has 0 spiro atoms. The van der Waals surface area contributed by atoms with Gasteiger partial charge >= 0.3 is 0 Å². The number of nitrogens with one attached hydrogen (secondary N) is 1. The molecule has 1 amide bonds. The Hall–Kier alpha value is -3.80. The van der Waals surface area contributed by atoms with Gasteiger partial charge in [-0.15, -0.1) is 0 Å². The van der Waals surface area contributed by atoms with Gasteiger partial charge in [0.25, 0.3) is 5.91 Å². The number of imidazole rings is 1. The third kappa shape index (κ3) is 3.06. The topological polar surface area (TPSA) is 76.9 Å². The summed E-state index contributed by atoms with van der Waals surface area (Å²) in [6.07, 6.45) is 3.91. The molecular weight excluding hydrogens is 376 g/mol. The molecule has 0 bridgehead atoms. The minimum atomic E-state index is -0.131. The molecule has 0 saturated carbocycles. The first-order valence-electron chi connectivity index (χ1n) is 9.95. The van der Waals surface area contributed by atoms with Crippen LogP contribution in [0.2, 0.25) is 0 Å². The molecule has 1 N–H and O–H groups in total. The van der Waals surface area contributed by atoms with Crippen molar-refractivity contribution in [3.8, 4) is 11.4 Å². The van der Waals surface area contributed by atoms with Gasteiger partial charge in [-0.3, -0.25) is 14.6 Å². The summed E-state index contributed by atoms with van der Waals surface area (Å²) < 4.78 is 2.10. The number of benzene rings is 2. The van der Waals surface area contributed by atoms with Crippen molar-refractivity contribution < 1.29 is 9.59 Å². The third-order valence-electron chi connectivity index (χ3n) is 5.59. The lowest BCUT2D eigenvalue weighted by atomic mass is 10.0. The molecule has 2 aromatic heterocycles. The Morgan fingerprint density at radius 2 is 1.83 bits per heavy atom. The Labute approximate surface area is 173 Å². The van der Waals surface area contributed by atoms with E-state index in [0.717, 1.165) is 33.5 Å². The first kappa shape index (κ1) is 18.2. The molecule has 1 atom stereocenters. The van der Waals surface area contributed by atoms with Crippen LogP contribution in [0.15, 0.2) is 67.0 Å². The molecule has 30 heavy (non-hydrogen) atoms. The predicted molar refractivity (Wildman–Crippen MR) is 114 cm³/mol. The summed E-state index contributed by atoms with van der Waals surface area (Å²) in [6.45, 7) is 2.56. The van der Waals surface area contributed by atoms with Gasteiger partial charge in [0.2, 0.25) is 0 Å². The molecule has 1 aliphatic rings. The summed E-state index contributed by atoms with van der Waals surface area (Å²) in [5.74, 6) is 0.852. The summed E-state index contributed by atoms with van der Waals surface area (Å²) >= 11 is 0. The second kappa shape index (κ2) is 7.22. The number of para-hydroxylation sites is 1. The fraction of sp³-hybridized carbons (Fsp3) is 0.167. The van der Waals surface area contributed by atoms with E-state index < -0.39 is 0 Å². The fourth-order valence-electron chi connectivity index (χ4n) is 3.98. The van der Waals surface area contributed by atoms with Crippen molar-refractivity contribution in [2.45, 2.75) is 25.9 Å². The molecule has 3 heterocycles. The lowest BCUT2D eigenvalue weighted by Crippen LogP contribution is -2.26. The Morgan fingerprint density at radius 3 is 2.60 bits per heavy atom. The van der Waals surface area contributed by atoms with Crippen LogP contribution in [-0.2, 0) is 6.54 Å². The number of ketones is 1. The first-order valence-corrected chi connectivity index (χ1v) is 9.95. The third-order valence-corrected chi connectivity index (χ3v) is 5.59. The SMILES string of the molecule is CC(NC(=O)c1ccc(-c2nc3cccc4c3n2CCC4=O)cc1)c1ccncc1. The number of carbonyl (C=O) groups is 2. The number of aryl methyl sites for hydroxylation is 1. The number of rotatable bonds is 4. The van der Waals surface area contributed by atoms with E-state index >= 15 is 0 Å². The molecule has 5 rings (SSSR count). The molecule has 1 unspecified atom stereocenters. The van der Waals surface area contributed by atoms with Crippen LogP contribution in [0.4, 0.5) is 0 Å². The zero-order chi connectivity index (χ0) is 20.7. The van der Waals surface area contributed by atoms with Gasteiger partial charge in [0.15, 0.2) is 5.78 Å². The van der Waals surface area contributed by atoms with Gasteiger partial charge in [0.05, 0.1) is 17.1 Å². The van der Waals surface area contributed by atoms with Crippen LogP contribution in [0.3, 0.4) is 0 Å². The second-order valence-corrected chi connectivity index (χ2v) is 7.49. The van der Waals surface area contributed by atoms with E-state index in [-0.39, 0.29) is 17.7 Å². The van der Waals surface area contributed by atoms with Crippen LogP contribution in [0.25, 0.3) is 22.4 Å². The van der Waals surface area contributed by atoms with Crippen LogP contribution in [0.5, 0.6) is 0 Å². The Balaban J connectivity index is 1.42. The van der Waals surface area contributed by atoms with Crippen molar-refractivity contribution in [1.82, 2.24) is 19.9 Å². The van der Waals surface area contributed by atoms with Gasteiger partial charge in [-0.1, -0.05) is 18.2 Å². The highest BCUT2D eigenvalue weighted by molar-refractivity contribution is 6.08.